The van der Waals surface area contributed by atoms with Crippen LogP contribution in [0.15, 0.2) is 48.7 Å². The van der Waals surface area contributed by atoms with Crippen LogP contribution in [-0.2, 0) is 0 Å². The molecule has 0 radical (unpaired) electrons. The quantitative estimate of drug-likeness (QED) is 0.710. The van der Waals surface area contributed by atoms with Gasteiger partial charge < -0.3 is 10.4 Å². The molecule has 0 saturated carbocycles. The Balaban J connectivity index is 1.70. The first-order chi connectivity index (χ1) is 10.7. The van der Waals surface area contributed by atoms with Gasteiger partial charge in [-0.1, -0.05) is 18.2 Å². The molecule has 0 spiro atoms. The number of rotatable bonds is 4. The molecule has 110 valence electrons. The summed E-state index contributed by atoms with van der Waals surface area (Å²) in [5.74, 6) is 1.12. The maximum absolute atomic E-state index is 9.46. The predicted octanol–water partition coefficient (Wildman–Crippen LogP) is 4.17. The van der Waals surface area contributed by atoms with Crippen LogP contribution in [0, 0.1) is 0 Å². The molecule has 0 aliphatic heterocycles. The smallest absolute Gasteiger partial charge is 0.125 e. The Labute approximate surface area is 132 Å². The number of anilines is 1. The van der Waals surface area contributed by atoms with E-state index in [4.69, 9.17) is 0 Å². The summed E-state index contributed by atoms with van der Waals surface area (Å²) in [5, 5.41) is 13.4. The zero-order valence-corrected chi connectivity index (χ0v) is 12.8. The summed E-state index contributed by atoms with van der Waals surface area (Å²) in [5.41, 5.74) is 1.94. The van der Waals surface area contributed by atoms with Crippen molar-refractivity contribution in [2.24, 2.45) is 0 Å². The highest BCUT2D eigenvalue weighted by Gasteiger charge is 2.01. The number of fused-ring (bicyclic) bond motifs is 1. The van der Waals surface area contributed by atoms with E-state index in [2.05, 4.69) is 15.3 Å². The van der Waals surface area contributed by atoms with Gasteiger partial charge in [0.15, 0.2) is 0 Å². The van der Waals surface area contributed by atoms with Crippen molar-refractivity contribution < 1.29 is 5.11 Å². The van der Waals surface area contributed by atoms with Gasteiger partial charge in [0.25, 0.3) is 0 Å². The summed E-state index contributed by atoms with van der Waals surface area (Å²) < 4.78 is 0.982. The van der Waals surface area contributed by atoms with Crippen LogP contribution >= 0.6 is 11.3 Å². The Hall–Kier alpha value is -2.66. The fourth-order valence-corrected chi connectivity index (χ4v) is 2.87. The number of benzene rings is 1. The summed E-state index contributed by atoms with van der Waals surface area (Å²) in [4.78, 5) is 8.74. The number of nitrogens with one attached hydrogen (secondary N) is 1. The lowest BCUT2D eigenvalue weighted by molar-refractivity contribution is 0.476. The Morgan fingerprint density at radius 3 is 2.77 bits per heavy atom. The monoisotopic (exact) mass is 308 g/mol. The molecule has 2 heterocycles. The number of allylic oxidation sites excluding steroid dienone is 2. The fourth-order valence-electron chi connectivity index (χ4n) is 1.96. The molecule has 2 aromatic heterocycles. The normalized spacial score (nSPS) is 11.7. The van der Waals surface area contributed by atoms with E-state index in [1.54, 1.807) is 23.5 Å². The average Bonchev–Trinajstić information content (AvgIpc) is 2.94. The van der Waals surface area contributed by atoms with Crippen molar-refractivity contribution in [1.82, 2.24) is 9.97 Å². The second-order valence-corrected chi connectivity index (χ2v) is 5.71. The highest BCUT2D eigenvalue weighted by Crippen LogP contribution is 2.26. The molecular formula is C17H15N3OS. The van der Waals surface area contributed by atoms with Crippen LogP contribution in [-0.4, -0.2) is 22.1 Å². The summed E-state index contributed by atoms with van der Waals surface area (Å²) in [6, 6.07) is 9.14. The standard InChI is InChI=1S/C17H15N3OS/c1-18-16-9-6-12(11-19-16)4-2-3-5-17-20-14-8-7-13(21)10-15(14)22-17/h2-11,21H,1H3,(H,18,19)/b4-2+,5-3+/i1-1. The van der Waals surface area contributed by atoms with E-state index in [-0.39, 0.29) is 5.75 Å². The molecule has 2 N–H and O–H groups in total. The molecular weight excluding hydrogens is 293 g/mol. The van der Waals surface area contributed by atoms with Gasteiger partial charge in [-0.3, -0.25) is 0 Å². The predicted molar refractivity (Wildman–Crippen MR) is 93.1 cm³/mol. The van der Waals surface area contributed by atoms with Crippen LogP contribution < -0.4 is 5.32 Å². The second kappa shape index (κ2) is 6.41. The van der Waals surface area contributed by atoms with Crippen LogP contribution in [0.4, 0.5) is 5.82 Å². The van der Waals surface area contributed by atoms with Crippen molar-refractivity contribution in [2.45, 2.75) is 0 Å². The second-order valence-electron chi connectivity index (χ2n) is 4.65. The van der Waals surface area contributed by atoms with Gasteiger partial charge in [-0.2, -0.15) is 0 Å². The van der Waals surface area contributed by atoms with E-state index < -0.39 is 0 Å². The number of aromatic hydroxyl groups is 1. The number of phenols is 1. The molecule has 0 amide bonds. The third kappa shape index (κ3) is 3.32. The first kappa shape index (κ1) is 14.3. The van der Waals surface area contributed by atoms with Crippen LogP contribution in [0.2, 0.25) is 0 Å². The first-order valence-electron chi connectivity index (χ1n) is 6.83. The van der Waals surface area contributed by atoms with Crippen molar-refractivity contribution in [3.8, 4) is 5.75 Å². The summed E-state index contributed by atoms with van der Waals surface area (Å²) in [6.07, 6.45) is 9.66. The zero-order chi connectivity index (χ0) is 15.4. The van der Waals surface area contributed by atoms with Gasteiger partial charge in [-0.25, -0.2) is 9.97 Å². The highest BCUT2D eigenvalue weighted by atomic mass is 32.1. The first-order valence-corrected chi connectivity index (χ1v) is 7.64. The van der Waals surface area contributed by atoms with E-state index in [0.717, 1.165) is 26.6 Å². The zero-order valence-electron chi connectivity index (χ0n) is 12.0. The van der Waals surface area contributed by atoms with Gasteiger partial charge in [0.05, 0.1) is 10.2 Å². The van der Waals surface area contributed by atoms with Gasteiger partial charge in [0, 0.05) is 13.2 Å². The minimum atomic E-state index is 0.268. The number of aromatic nitrogens is 2. The molecule has 0 aliphatic rings. The number of hydrogen-bond donors (Lipinski definition) is 2. The number of thiazole rings is 1. The lowest BCUT2D eigenvalue weighted by Crippen LogP contribution is -1.90. The molecule has 0 atom stereocenters. The van der Waals surface area contributed by atoms with E-state index in [9.17, 15) is 5.11 Å². The number of hydrogen-bond acceptors (Lipinski definition) is 5. The molecule has 1 aromatic carbocycles. The van der Waals surface area contributed by atoms with Gasteiger partial charge >= 0.3 is 0 Å². The molecule has 0 unspecified atom stereocenters. The maximum Gasteiger partial charge on any atom is 0.125 e. The summed E-state index contributed by atoms with van der Waals surface area (Å²) >= 11 is 1.55. The lowest BCUT2D eigenvalue weighted by Gasteiger charge is -1.97. The minimum Gasteiger partial charge on any atom is -0.508 e. The molecule has 3 rings (SSSR count). The minimum absolute atomic E-state index is 0.268. The highest BCUT2D eigenvalue weighted by molar-refractivity contribution is 7.19. The van der Waals surface area contributed by atoms with Crippen LogP contribution in [0.5, 0.6) is 5.75 Å². The number of pyridine rings is 1. The summed E-state index contributed by atoms with van der Waals surface area (Å²) in [6.45, 7) is 0. The Bertz CT molecular complexity index is 835. The van der Waals surface area contributed by atoms with E-state index in [0.29, 0.717) is 0 Å². The molecule has 4 nitrogen and oxygen atoms in total. The molecule has 0 bridgehead atoms. The Kier molecular flexibility index (Phi) is 4.16. The molecule has 3 aromatic rings. The van der Waals surface area contributed by atoms with Crippen LogP contribution in [0.1, 0.15) is 10.6 Å². The van der Waals surface area contributed by atoms with Crippen molar-refractivity contribution in [3.63, 3.8) is 0 Å². The van der Waals surface area contributed by atoms with Gasteiger partial charge in [-0.05, 0) is 42.0 Å². The third-order valence-corrected chi connectivity index (χ3v) is 4.05. The SMILES string of the molecule is [11CH3]Nc1ccc(/C=C/C=C/c2nc3ccc(O)cc3s2)cn1. The fraction of sp³-hybridized carbons (Fsp3) is 0.0588. The number of phenolic OH excluding ortho intramolecular Hbond substituents is 1. The number of nitrogens with zero attached hydrogens (tertiary/aromatic N) is 2. The van der Waals surface area contributed by atoms with Crippen LogP contribution in [0.25, 0.3) is 22.4 Å². The Morgan fingerprint density at radius 1 is 1.14 bits per heavy atom. The van der Waals surface area contributed by atoms with Crippen molar-refractivity contribution >= 4 is 39.5 Å². The topological polar surface area (TPSA) is 58.0 Å². The Morgan fingerprint density at radius 2 is 2.00 bits per heavy atom. The van der Waals surface area contributed by atoms with Gasteiger partial charge in [-0.15, -0.1) is 11.3 Å². The van der Waals surface area contributed by atoms with Gasteiger partial charge in [0.1, 0.15) is 16.6 Å². The third-order valence-electron chi connectivity index (χ3n) is 3.07. The molecule has 22 heavy (non-hydrogen) atoms. The summed E-state index contributed by atoms with van der Waals surface area (Å²) in [7, 11) is 1.85. The molecule has 0 fully saturated rings. The average molecular weight is 308 g/mol. The molecule has 5 heteroatoms. The van der Waals surface area contributed by atoms with Gasteiger partial charge in [0.2, 0.25) is 0 Å². The molecule has 0 aliphatic carbocycles. The van der Waals surface area contributed by atoms with E-state index in [1.165, 1.54) is 0 Å². The van der Waals surface area contributed by atoms with Crippen molar-refractivity contribution in [1.29, 1.82) is 0 Å². The van der Waals surface area contributed by atoms with E-state index in [1.807, 2.05) is 55.7 Å². The lowest BCUT2D eigenvalue weighted by atomic mass is 10.2. The van der Waals surface area contributed by atoms with Crippen molar-refractivity contribution in [2.75, 3.05) is 12.4 Å². The maximum atomic E-state index is 9.46. The van der Waals surface area contributed by atoms with E-state index >= 15 is 0 Å². The van der Waals surface area contributed by atoms with Crippen LogP contribution in [0.3, 0.4) is 0 Å². The molecule has 0 saturated heterocycles. The largest absolute Gasteiger partial charge is 0.508 e. The van der Waals surface area contributed by atoms with Crippen molar-refractivity contribution in [3.05, 3.63) is 59.3 Å².